The van der Waals surface area contributed by atoms with Crippen LogP contribution in [0.15, 0.2) is 30.3 Å². The number of halogens is 3. The van der Waals surface area contributed by atoms with Gasteiger partial charge in [-0.15, -0.1) is 0 Å². The molecule has 106 valence electrons. The molecular formula is C13H17F3N2O. The molecule has 6 heteroatoms. The highest BCUT2D eigenvalue weighted by Crippen LogP contribution is 2.21. The van der Waals surface area contributed by atoms with E-state index in [1.165, 1.54) is 0 Å². The summed E-state index contributed by atoms with van der Waals surface area (Å²) in [6, 6.07) is 8.93. The van der Waals surface area contributed by atoms with Crippen molar-refractivity contribution >= 4 is 5.91 Å². The van der Waals surface area contributed by atoms with E-state index in [-0.39, 0.29) is 25.4 Å². The molecule has 0 saturated carbocycles. The molecule has 3 N–H and O–H groups in total. The quantitative estimate of drug-likeness (QED) is 0.781. The van der Waals surface area contributed by atoms with Crippen molar-refractivity contribution in [3.8, 4) is 0 Å². The van der Waals surface area contributed by atoms with Crippen LogP contribution in [0, 0.1) is 0 Å². The summed E-state index contributed by atoms with van der Waals surface area (Å²) in [4.78, 5) is 11.8. The van der Waals surface area contributed by atoms with Crippen molar-refractivity contribution in [2.45, 2.75) is 24.9 Å². The van der Waals surface area contributed by atoms with Crippen LogP contribution in [0.25, 0.3) is 0 Å². The number of benzene rings is 1. The van der Waals surface area contributed by atoms with Crippen molar-refractivity contribution in [2.24, 2.45) is 5.73 Å². The first kappa shape index (κ1) is 15.5. The smallest absolute Gasteiger partial charge is 0.356 e. The monoisotopic (exact) mass is 274 g/mol. The van der Waals surface area contributed by atoms with Crippen LogP contribution in [0.5, 0.6) is 0 Å². The van der Waals surface area contributed by atoms with Crippen LogP contribution in [-0.4, -0.2) is 25.2 Å². The molecule has 0 heterocycles. The molecule has 0 aliphatic carbocycles. The largest absolute Gasteiger partial charge is 0.389 e. The minimum Gasteiger partial charge on any atom is -0.356 e. The van der Waals surface area contributed by atoms with Crippen molar-refractivity contribution in [2.75, 3.05) is 13.1 Å². The number of nitrogens with one attached hydrogen (secondary N) is 1. The summed E-state index contributed by atoms with van der Waals surface area (Å²) in [5, 5.41) is 2.49. The Labute approximate surface area is 110 Å². The maximum absolute atomic E-state index is 11.9. The molecule has 0 aliphatic heterocycles. The molecule has 19 heavy (non-hydrogen) atoms. The lowest BCUT2D eigenvalue weighted by Crippen LogP contribution is -2.34. The second-order valence-corrected chi connectivity index (χ2v) is 4.21. The summed E-state index contributed by atoms with van der Waals surface area (Å²) in [5.41, 5.74) is 6.30. The average Bonchev–Trinajstić information content (AvgIpc) is 2.36. The molecule has 1 amide bonds. The topological polar surface area (TPSA) is 55.1 Å². The second-order valence-electron chi connectivity index (χ2n) is 4.21. The van der Waals surface area contributed by atoms with E-state index in [9.17, 15) is 18.0 Å². The van der Waals surface area contributed by atoms with Gasteiger partial charge in [-0.25, -0.2) is 0 Å². The first-order chi connectivity index (χ1) is 8.94. The van der Waals surface area contributed by atoms with Crippen LogP contribution in [0.3, 0.4) is 0 Å². The molecule has 0 fully saturated rings. The molecule has 1 rings (SSSR count). The Morgan fingerprint density at radius 2 is 1.89 bits per heavy atom. The Hall–Kier alpha value is -1.56. The third-order valence-electron chi connectivity index (χ3n) is 2.69. The summed E-state index contributed by atoms with van der Waals surface area (Å²) >= 11 is 0. The molecular weight excluding hydrogens is 257 g/mol. The predicted octanol–water partition coefficient (Wildman–Crippen LogP) is 2.19. The molecule has 0 saturated heterocycles. The minimum atomic E-state index is -4.18. The van der Waals surface area contributed by atoms with Crippen LogP contribution >= 0.6 is 0 Å². The highest BCUT2D eigenvalue weighted by Gasteiger charge is 2.26. The molecule has 1 aromatic carbocycles. The van der Waals surface area contributed by atoms with E-state index in [0.717, 1.165) is 5.56 Å². The summed E-state index contributed by atoms with van der Waals surface area (Å²) in [6.07, 6.45) is -5.20. The number of alkyl halides is 3. The fraction of sp³-hybridized carbons (Fsp3) is 0.462. The maximum atomic E-state index is 11.9. The normalized spacial score (nSPS) is 13.1. The number of hydrogen-bond acceptors (Lipinski definition) is 2. The highest BCUT2D eigenvalue weighted by molar-refractivity contribution is 5.83. The molecule has 1 unspecified atom stereocenters. The van der Waals surface area contributed by atoms with E-state index in [1.807, 2.05) is 6.07 Å². The van der Waals surface area contributed by atoms with Gasteiger partial charge in [0.2, 0.25) is 5.91 Å². The SMILES string of the molecule is NCC(C(=O)NCCCC(F)(F)F)c1ccccc1. The van der Waals surface area contributed by atoms with Crippen molar-refractivity contribution in [1.29, 1.82) is 0 Å². The molecule has 0 aliphatic rings. The van der Waals surface area contributed by atoms with Gasteiger partial charge in [-0.3, -0.25) is 4.79 Å². The molecule has 1 atom stereocenters. The van der Waals surface area contributed by atoms with Crippen molar-refractivity contribution < 1.29 is 18.0 Å². The van der Waals surface area contributed by atoms with E-state index in [2.05, 4.69) is 5.32 Å². The third-order valence-corrected chi connectivity index (χ3v) is 2.69. The van der Waals surface area contributed by atoms with Gasteiger partial charge in [0.05, 0.1) is 5.92 Å². The summed E-state index contributed by atoms with van der Waals surface area (Å²) in [6.45, 7) is 0.122. The van der Waals surface area contributed by atoms with Crippen molar-refractivity contribution in [3.63, 3.8) is 0 Å². The van der Waals surface area contributed by atoms with Gasteiger partial charge in [-0.1, -0.05) is 30.3 Å². The van der Waals surface area contributed by atoms with E-state index in [4.69, 9.17) is 5.73 Å². The van der Waals surface area contributed by atoms with Gasteiger partial charge in [0.15, 0.2) is 0 Å². The van der Waals surface area contributed by atoms with E-state index >= 15 is 0 Å². The summed E-state index contributed by atoms with van der Waals surface area (Å²) < 4.78 is 35.8. The second kappa shape index (κ2) is 7.13. The van der Waals surface area contributed by atoms with Gasteiger partial charge in [0.25, 0.3) is 0 Å². The Morgan fingerprint density at radius 3 is 2.42 bits per heavy atom. The molecule has 0 aromatic heterocycles. The Kier molecular flexibility index (Phi) is 5.82. The minimum absolute atomic E-state index is 0.00166. The lowest BCUT2D eigenvalue weighted by molar-refractivity contribution is -0.136. The van der Waals surface area contributed by atoms with E-state index < -0.39 is 18.5 Å². The third kappa shape index (κ3) is 5.74. The number of hydrogen-bond donors (Lipinski definition) is 2. The molecule has 1 aromatic rings. The standard InChI is InChI=1S/C13H17F3N2O/c14-13(15,16)7-4-8-18-12(19)11(9-17)10-5-2-1-3-6-10/h1-3,5-6,11H,4,7-9,17H2,(H,18,19). The zero-order chi connectivity index (χ0) is 14.3. The zero-order valence-electron chi connectivity index (χ0n) is 10.4. The number of rotatable bonds is 6. The Bertz CT molecular complexity index is 393. The van der Waals surface area contributed by atoms with Crippen LogP contribution in [0.4, 0.5) is 13.2 Å². The van der Waals surface area contributed by atoms with Crippen LogP contribution in [-0.2, 0) is 4.79 Å². The number of amides is 1. The van der Waals surface area contributed by atoms with Gasteiger partial charge in [-0.2, -0.15) is 13.2 Å². The lowest BCUT2D eigenvalue weighted by Gasteiger charge is -2.15. The lowest BCUT2D eigenvalue weighted by atomic mass is 9.98. The molecule has 0 spiro atoms. The zero-order valence-corrected chi connectivity index (χ0v) is 10.4. The van der Waals surface area contributed by atoms with Gasteiger partial charge in [0.1, 0.15) is 0 Å². The maximum Gasteiger partial charge on any atom is 0.389 e. The van der Waals surface area contributed by atoms with Crippen molar-refractivity contribution in [3.05, 3.63) is 35.9 Å². The molecule has 0 bridgehead atoms. The fourth-order valence-electron chi connectivity index (χ4n) is 1.70. The number of carbonyl (C=O) groups is 1. The molecule has 3 nitrogen and oxygen atoms in total. The Morgan fingerprint density at radius 1 is 1.26 bits per heavy atom. The van der Waals surface area contributed by atoms with E-state index in [0.29, 0.717) is 0 Å². The van der Waals surface area contributed by atoms with Gasteiger partial charge < -0.3 is 11.1 Å². The summed E-state index contributed by atoms with van der Waals surface area (Å²) in [7, 11) is 0. The van der Waals surface area contributed by atoms with Gasteiger partial charge in [0, 0.05) is 19.5 Å². The molecule has 0 radical (unpaired) electrons. The highest BCUT2D eigenvalue weighted by atomic mass is 19.4. The first-order valence-corrected chi connectivity index (χ1v) is 6.03. The fourth-order valence-corrected chi connectivity index (χ4v) is 1.70. The predicted molar refractivity (Wildman–Crippen MR) is 66.5 cm³/mol. The van der Waals surface area contributed by atoms with Gasteiger partial charge in [-0.05, 0) is 12.0 Å². The Balaban J connectivity index is 2.43. The van der Waals surface area contributed by atoms with Crippen molar-refractivity contribution in [1.82, 2.24) is 5.32 Å². The van der Waals surface area contributed by atoms with Crippen LogP contribution in [0.1, 0.15) is 24.3 Å². The van der Waals surface area contributed by atoms with Crippen LogP contribution in [0.2, 0.25) is 0 Å². The first-order valence-electron chi connectivity index (χ1n) is 6.03. The number of nitrogens with two attached hydrogens (primary N) is 1. The summed E-state index contributed by atoms with van der Waals surface area (Å²) in [5.74, 6) is -0.858. The van der Waals surface area contributed by atoms with Gasteiger partial charge >= 0.3 is 6.18 Å². The number of carbonyl (C=O) groups excluding carboxylic acids is 1. The van der Waals surface area contributed by atoms with Crippen LogP contribution < -0.4 is 11.1 Å². The van der Waals surface area contributed by atoms with E-state index in [1.54, 1.807) is 24.3 Å². The average molecular weight is 274 g/mol.